The molecule has 0 spiro atoms. The molecule has 1 aliphatic heterocycles. The van der Waals surface area contributed by atoms with E-state index < -0.39 is 76.7 Å². The summed E-state index contributed by atoms with van der Waals surface area (Å²) in [4.78, 5) is 24.7. The van der Waals surface area contributed by atoms with Crippen LogP contribution in [0.5, 0.6) is 5.75 Å². The summed E-state index contributed by atoms with van der Waals surface area (Å²) in [6.07, 6.45) is -6.26. The maximum atomic E-state index is 14.4. The van der Waals surface area contributed by atoms with Gasteiger partial charge in [0.1, 0.15) is 6.10 Å². The number of ether oxygens (including phenoxy) is 2. The van der Waals surface area contributed by atoms with Crippen molar-refractivity contribution in [2.75, 3.05) is 5.32 Å². The zero-order valence-electron chi connectivity index (χ0n) is 18.8. The smallest absolute Gasteiger partial charge is 0.417 e. The maximum Gasteiger partial charge on any atom is 0.417 e. The van der Waals surface area contributed by atoms with Gasteiger partial charge in [0.25, 0.3) is 11.6 Å². The molecule has 0 aliphatic carbocycles. The van der Waals surface area contributed by atoms with Gasteiger partial charge in [0.2, 0.25) is 11.6 Å². The third kappa shape index (κ3) is 4.81. The van der Waals surface area contributed by atoms with Crippen molar-refractivity contribution in [3.05, 3.63) is 58.6 Å². The summed E-state index contributed by atoms with van der Waals surface area (Å²) < 4.78 is 105. The fourth-order valence-corrected chi connectivity index (χ4v) is 4.08. The van der Waals surface area contributed by atoms with Crippen molar-refractivity contribution in [3.8, 4) is 5.75 Å². The first kappa shape index (κ1) is 27.2. The third-order valence-electron chi connectivity index (χ3n) is 6.12. The van der Waals surface area contributed by atoms with Gasteiger partial charge in [-0.2, -0.15) is 31.1 Å². The molecule has 0 radical (unpaired) electrons. The highest BCUT2D eigenvalue weighted by Crippen LogP contribution is 2.55. The molecular weight excluding hydrogens is 505 g/mol. The van der Waals surface area contributed by atoms with Crippen LogP contribution in [0.25, 0.3) is 0 Å². The molecule has 0 bridgehead atoms. The van der Waals surface area contributed by atoms with Crippen molar-refractivity contribution in [2.24, 2.45) is 5.92 Å². The summed E-state index contributed by atoms with van der Waals surface area (Å²) in [7, 11) is 0. The zero-order valence-corrected chi connectivity index (χ0v) is 18.8. The molecule has 1 fully saturated rings. The van der Waals surface area contributed by atoms with E-state index in [0.29, 0.717) is 13.0 Å². The topological polar surface area (TPSA) is 91.6 Å². The number of ketones is 1. The molecule has 1 aromatic heterocycles. The van der Waals surface area contributed by atoms with Crippen molar-refractivity contribution in [1.29, 1.82) is 0 Å². The Labute approximate surface area is 199 Å². The van der Waals surface area contributed by atoms with Crippen LogP contribution in [0.2, 0.25) is 0 Å². The maximum absolute atomic E-state index is 14.4. The third-order valence-corrected chi connectivity index (χ3v) is 6.12. The molecule has 3 rings (SSSR count). The number of nitrogens with zero attached hydrogens (tertiary/aromatic N) is 1. The molecule has 1 saturated heterocycles. The van der Waals surface area contributed by atoms with Crippen LogP contribution in [0, 0.1) is 22.8 Å². The zero-order chi connectivity index (χ0) is 27.2. The second-order valence-electron chi connectivity index (χ2n) is 8.29. The van der Waals surface area contributed by atoms with Crippen molar-refractivity contribution < 1.29 is 54.5 Å². The molecule has 1 aliphatic rings. The lowest BCUT2D eigenvalue weighted by molar-refractivity contribution is -0.607. The lowest BCUT2D eigenvalue weighted by Gasteiger charge is -2.32. The molecule has 1 aromatic carbocycles. The van der Waals surface area contributed by atoms with E-state index in [1.165, 1.54) is 0 Å². The SMILES string of the molecule is CC(=O)c1cc(NC(=O)[C@@H]2O[C@](C)(C(F)(F)F)[C@H](C)[C@@H]2c2ccc(F)c(F)c2OC(F)F)cc[n+]1[O-]. The van der Waals surface area contributed by atoms with Crippen molar-refractivity contribution >= 4 is 17.4 Å². The van der Waals surface area contributed by atoms with E-state index >= 15 is 0 Å². The predicted octanol–water partition coefficient (Wildman–Crippen LogP) is 4.48. The molecular formula is C22H19F7N2O5. The summed E-state index contributed by atoms with van der Waals surface area (Å²) in [5, 5.41) is 13.9. The Morgan fingerprint density at radius 1 is 1.22 bits per heavy atom. The largest absolute Gasteiger partial charge is 0.618 e. The van der Waals surface area contributed by atoms with Gasteiger partial charge in [-0.25, -0.2) is 4.39 Å². The Hall–Kier alpha value is -3.42. The number of alkyl halides is 5. The van der Waals surface area contributed by atoms with E-state index in [9.17, 15) is 45.5 Å². The summed E-state index contributed by atoms with van der Waals surface area (Å²) in [6.45, 7) is -0.958. The Bertz CT molecular complexity index is 1190. The number of benzene rings is 1. The van der Waals surface area contributed by atoms with Crippen LogP contribution in [0.15, 0.2) is 30.5 Å². The molecule has 2 heterocycles. The number of carbonyl (C=O) groups excluding carboxylic acids is 2. The first-order valence-corrected chi connectivity index (χ1v) is 10.3. The van der Waals surface area contributed by atoms with Gasteiger partial charge in [-0.1, -0.05) is 13.0 Å². The van der Waals surface area contributed by atoms with Crippen LogP contribution >= 0.6 is 0 Å². The highest BCUT2D eigenvalue weighted by molar-refractivity contribution is 5.97. The van der Waals surface area contributed by atoms with Gasteiger partial charge in [-0.15, -0.1) is 0 Å². The van der Waals surface area contributed by atoms with Gasteiger partial charge in [0.05, 0.1) is 5.69 Å². The van der Waals surface area contributed by atoms with Gasteiger partial charge in [-0.05, 0) is 13.0 Å². The van der Waals surface area contributed by atoms with Crippen LogP contribution in [-0.2, 0) is 9.53 Å². The molecule has 4 atom stereocenters. The quantitative estimate of drug-likeness (QED) is 0.261. The van der Waals surface area contributed by atoms with Gasteiger partial charge in [0.15, 0.2) is 23.4 Å². The summed E-state index contributed by atoms with van der Waals surface area (Å²) in [6, 6.07) is 3.25. The van der Waals surface area contributed by atoms with Gasteiger partial charge in [0, 0.05) is 36.5 Å². The van der Waals surface area contributed by atoms with Crippen LogP contribution in [-0.4, -0.2) is 36.2 Å². The molecule has 1 N–H and O–H groups in total. The Kier molecular flexibility index (Phi) is 7.22. The van der Waals surface area contributed by atoms with Crippen LogP contribution in [0.4, 0.5) is 36.4 Å². The summed E-state index contributed by atoms with van der Waals surface area (Å²) in [5.74, 6) is -10.2. The molecule has 196 valence electrons. The van der Waals surface area contributed by atoms with Gasteiger partial charge < -0.3 is 20.0 Å². The number of carbonyl (C=O) groups is 2. The predicted molar refractivity (Wildman–Crippen MR) is 108 cm³/mol. The molecule has 0 saturated carbocycles. The number of nitrogens with one attached hydrogen (secondary N) is 1. The number of Topliss-reactive ketones (excluding diaryl/α,β-unsaturated/α-hetero) is 1. The molecule has 36 heavy (non-hydrogen) atoms. The Balaban J connectivity index is 2.11. The standard InChI is InChI=1S/C22H19F7N2O5/c1-9-15(12-4-5-13(23)16(24)17(12)35-20(25)26)18(36-21(9,3)22(27,28)29)19(33)30-11-6-7-31(34)14(8-11)10(2)32/h4-9,15,18,20H,1-3H3,(H,30,33)/t9-,15-,18-,21+/m1/s1. The van der Waals surface area contributed by atoms with E-state index in [2.05, 4.69) is 10.1 Å². The van der Waals surface area contributed by atoms with E-state index in [4.69, 9.17) is 4.74 Å². The fraction of sp³-hybridized carbons (Fsp3) is 0.409. The number of amides is 1. The normalized spacial score (nSPS) is 24.1. The number of halogens is 7. The monoisotopic (exact) mass is 524 g/mol. The Morgan fingerprint density at radius 2 is 1.86 bits per heavy atom. The number of pyridine rings is 1. The van der Waals surface area contributed by atoms with Gasteiger partial charge >= 0.3 is 12.8 Å². The summed E-state index contributed by atoms with van der Waals surface area (Å²) >= 11 is 0. The van der Waals surface area contributed by atoms with Crippen LogP contribution in [0.1, 0.15) is 42.7 Å². The molecule has 0 unspecified atom stereocenters. The number of hydrogen-bond acceptors (Lipinski definition) is 5. The van der Waals surface area contributed by atoms with E-state index in [0.717, 1.165) is 38.2 Å². The highest BCUT2D eigenvalue weighted by atomic mass is 19.4. The van der Waals surface area contributed by atoms with Gasteiger partial charge in [-0.3, -0.25) is 9.59 Å². The van der Waals surface area contributed by atoms with Crippen molar-refractivity contribution in [1.82, 2.24) is 0 Å². The molecule has 14 heteroatoms. The number of aromatic nitrogens is 1. The molecule has 2 aromatic rings. The minimum Gasteiger partial charge on any atom is -0.618 e. The lowest BCUT2D eigenvalue weighted by atomic mass is 9.77. The molecule has 1 amide bonds. The second-order valence-corrected chi connectivity index (χ2v) is 8.29. The van der Waals surface area contributed by atoms with Crippen molar-refractivity contribution in [2.45, 2.75) is 51.2 Å². The minimum atomic E-state index is -5.06. The average molecular weight is 524 g/mol. The van der Waals surface area contributed by atoms with E-state index in [1.54, 1.807) is 0 Å². The van der Waals surface area contributed by atoms with Crippen LogP contribution in [0.3, 0.4) is 0 Å². The minimum absolute atomic E-state index is 0.165. The highest BCUT2D eigenvalue weighted by Gasteiger charge is 2.66. The summed E-state index contributed by atoms with van der Waals surface area (Å²) in [5.41, 5.74) is -4.21. The number of anilines is 1. The first-order chi connectivity index (χ1) is 16.6. The lowest BCUT2D eigenvalue weighted by Crippen LogP contribution is -2.47. The van der Waals surface area contributed by atoms with Crippen LogP contribution < -0.4 is 14.8 Å². The van der Waals surface area contributed by atoms with E-state index in [1.807, 2.05) is 0 Å². The average Bonchev–Trinajstić information content (AvgIpc) is 3.04. The van der Waals surface area contributed by atoms with Crippen molar-refractivity contribution in [3.63, 3.8) is 0 Å². The Morgan fingerprint density at radius 3 is 2.42 bits per heavy atom. The number of rotatable bonds is 6. The number of hydrogen-bond donors (Lipinski definition) is 1. The second kappa shape index (κ2) is 9.56. The molecule has 7 nitrogen and oxygen atoms in total. The first-order valence-electron chi connectivity index (χ1n) is 10.3. The van der Waals surface area contributed by atoms with E-state index in [-0.39, 0.29) is 10.4 Å². The fourth-order valence-electron chi connectivity index (χ4n) is 4.08.